The third-order valence-electron chi connectivity index (χ3n) is 27.4. The number of fused-ring (bicyclic) bond motifs is 20. The highest BCUT2D eigenvalue weighted by atomic mass is 14.7. The van der Waals surface area contributed by atoms with E-state index < -0.39 is 0 Å². The van der Waals surface area contributed by atoms with Gasteiger partial charge < -0.3 is 0 Å². The van der Waals surface area contributed by atoms with Crippen LogP contribution in [0.2, 0.25) is 0 Å². The van der Waals surface area contributed by atoms with E-state index in [1.165, 1.54) is 133 Å². The molecule has 4 aliphatic carbocycles. The predicted molar refractivity (Wildman–Crippen MR) is 503 cm³/mol. The van der Waals surface area contributed by atoms with Crippen LogP contribution in [0.1, 0.15) is 99.9 Å². The van der Waals surface area contributed by atoms with Crippen LogP contribution >= 0.6 is 0 Å². The molecule has 0 spiro atoms. The van der Waals surface area contributed by atoms with E-state index in [4.69, 9.17) is 19.9 Å². The number of hydrogen-bond donors (Lipinski definition) is 0. The Labute approximate surface area is 700 Å². The van der Waals surface area contributed by atoms with Gasteiger partial charge in [0.05, 0.1) is 33.5 Å². The van der Waals surface area contributed by atoms with Gasteiger partial charge in [-0.2, -0.15) is 0 Å². The van der Waals surface area contributed by atoms with Gasteiger partial charge in [0.15, 0.2) is 0 Å². The zero-order valence-corrected chi connectivity index (χ0v) is 68.4. The first-order valence-electron chi connectivity index (χ1n) is 42.1. The molecule has 0 aliphatic heterocycles. The molecule has 20 aromatic rings. The Morgan fingerprint density at radius 2 is 0.508 bits per heavy atom. The molecule has 0 amide bonds. The predicted octanol–water partition coefficient (Wildman–Crippen LogP) is 30.4. The first-order valence-corrected chi connectivity index (χ1v) is 42.1. The van der Waals surface area contributed by atoms with Crippen molar-refractivity contribution in [2.75, 3.05) is 0 Å². The van der Waals surface area contributed by atoms with Crippen LogP contribution in [0.5, 0.6) is 0 Å². The molecule has 120 heavy (non-hydrogen) atoms. The van der Waals surface area contributed by atoms with Crippen LogP contribution in [0.15, 0.2) is 364 Å². The molecule has 0 unspecified atom stereocenters. The molecule has 4 heteroatoms. The lowest BCUT2D eigenvalue weighted by Gasteiger charge is -2.22. The molecule has 4 aromatic heterocycles. The average Bonchev–Trinajstić information content (AvgIpc) is 1.41. The van der Waals surface area contributed by atoms with Gasteiger partial charge in [-0.25, -0.2) is 9.97 Å². The van der Waals surface area contributed by atoms with Crippen molar-refractivity contribution < 1.29 is 0 Å². The SMILES string of the molecule is CC1(C)c2ccccc2-c2ccc(-c3cc(-c4ccc(-c5cccc6cccnc56)cc4)c4cc(-c5ccc6c(c5)C(C)(C)c5ccccc5-6)c5ccccc5c4n3)cc21.CC1(C)c2ccccc2-c2ccc(-c3cc(-c4ccc(-c5cnc6ccccc6c5)cc4)c4cc(-c5ccc6c(c5)C(C)(C)c5ccccc5-6)c5ccccc5c4n3)cc21. The van der Waals surface area contributed by atoms with Gasteiger partial charge in [0.1, 0.15) is 0 Å². The lowest BCUT2D eigenvalue weighted by atomic mass is 9.81. The molecule has 568 valence electrons. The van der Waals surface area contributed by atoms with Crippen molar-refractivity contribution in [2.24, 2.45) is 0 Å². The van der Waals surface area contributed by atoms with Crippen LogP contribution in [0.25, 0.3) is 199 Å². The second-order valence-corrected chi connectivity index (χ2v) is 35.5. The summed E-state index contributed by atoms with van der Waals surface area (Å²) in [6.45, 7) is 18.8. The Kier molecular flexibility index (Phi) is 15.7. The molecule has 0 radical (unpaired) electrons. The Morgan fingerprint density at radius 1 is 0.183 bits per heavy atom. The van der Waals surface area contributed by atoms with Crippen LogP contribution < -0.4 is 0 Å². The smallest absolute Gasteiger partial charge is 0.0794 e. The number of rotatable bonds is 8. The summed E-state index contributed by atoms with van der Waals surface area (Å²) in [6.07, 6.45) is 3.87. The maximum absolute atomic E-state index is 5.62. The number of pyridine rings is 4. The summed E-state index contributed by atoms with van der Waals surface area (Å²) in [7, 11) is 0. The minimum absolute atomic E-state index is 0.0929. The van der Waals surface area contributed by atoms with E-state index in [2.05, 4.69) is 395 Å². The number of para-hydroxylation sites is 2. The Hall–Kier alpha value is -14.3. The summed E-state index contributed by atoms with van der Waals surface area (Å²) >= 11 is 0. The second-order valence-electron chi connectivity index (χ2n) is 35.5. The van der Waals surface area contributed by atoms with Crippen LogP contribution in [0, 0.1) is 0 Å². The molecule has 4 nitrogen and oxygen atoms in total. The van der Waals surface area contributed by atoms with Crippen LogP contribution in [-0.4, -0.2) is 19.9 Å². The zero-order valence-electron chi connectivity index (χ0n) is 68.4. The van der Waals surface area contributed by atoms with Crippen LogP contribution in [0.3, 0.4) is 0 Å². The van der Waals surface area contributed by atoms with Crippen molar-refractivity contribution in [3.63, 3.8) is 0 Å². The van der Waals surface area contributed by atoms with Gasteiger partial charge in [-0.1, -0.05) is 341 Å². The molecule has 0 N–H and O–H groups in total. The number of hydrogen-bond acceptors (Lipinski definition) is 4. The monoisotopic (exact) mass is 1530 g/mol. The maximum Gasteiger partial charge on any atom is 0.0794 e. The van der Waals surface area contributed by atoms with Gasteiger partial charge in [0.25, 0.3) is 0 Å². The minimum Gasteiger partial charge on any atom is -0.256 e. The molecule has 4 heterocycles. The standard InChI is InChI=1S/2C58H42N2/c1-57(2)50-18-10-8-15-42(50)44-27-25-37(30-52(44)57)47-32-49-48(36-23-21-35(22-24-36)40-29-38-13-5-12-20-54(38)59-34-40)33-55(60-56(49)46-17-7-6-14-41(46)47)39-26-28-45-43-16-9-11-19-51(43)58(3,4)53(45)31-39;1-57(2)50-20-9-7-16-42(50)44-28-26-38(31-52(44)57)47-33-49-48(36-24-22-35(23-25-36)40-19-11-13-37-14-12-30-59-55(37)40)34-54(60-56(49)46-18-6-5-15-41(46)47)39-27-29-45-43-17-8-10-21-51(43)58(3,4)53(45)32-39/h2*5-34H,1-4H3. The van der Waals surface area contributed by atoms with E-state index >= 15 is 0 Å². The van der Waals surface area contributed by atoms with E-state index in [1.807, 2.05) is 24.5 Å². The van der Waals surface area contributed by atoms with Crippen LogP contribution in [-0.2, 0) is 21.7 Å². The van der Waals surface area contributed by atoms with Gasteiger partial charge in [0.2, 0.25) is 0 Å². The molecule has 0 bridgehead atoms. The van der Waals surface area contributed by atoms with Crippen molar-refractivity contribution in [3.05, 3.63) is 409 Å². The Balaban J connectivity index is 0.000000140. The number of nitrogens with zero attached hydrogens (tertiary/aromatic N) is 4. The van der Waals surface area contributed by atoms with Crippen molar-refractivity contribution in [1.82, 2.24) is 19.9 Å². The molecular weight excluding hydrogens is 1450 g/mol. The highest BCUT2D eigenvalue weighted by Crippen LogP contribution is 2.56. The van der Waals surface area contributed by atoms with E-state index in [0.717, 1.165) is 110 Å². The lowest BCUT2D eigenvalue weighted by Crippen LogP contribution is -2.15. The summed E-state index contributed by atoms with van der Waals surface area (Å²) in [5.41, 5.74) is 43.5. The zero-order chi connectivity index (χ0) is 80.7. The van der Waals surface area contributed by atoms with E-state index in [1.54, 1.807) is 0 Å². The highest BCUT2D eigenvalue weighted by molar-refractivity contribution is 6.18. The summed E-state index contributed by atoms with van der Waals surface area (Å²) < 4.78 is 0. The molecular formula is C116H84N4. The first kappa shape index (κ1) is 71.0. The van der Waals surface area contributed by atoms with Crippen molar-refractivity contribution >= 4 is 65.2 Å². The summed E-state index contributed by atoms with van der Waals surface area (Å²) in [5, 5.41) is 9.29. The molecule has 24 rings (SSSR count). The molecule has 0 saturated carbocycles. The molecule has 0 fully saturated rings. The van der Waals surface area contributed by atoms with Gasteiger partial charge in [-0.3, -0.25) is 9.97 Å². The summed E-state index contributed by atoms with van der Waals surface area (Å²) in [4.78, 5) is 20.8. The third-order valence-corrected chi connectivity index (χ3v) is 27.4. The third kappa shape index (κ3) is 10.9. The minimum atomic E-state index is -0.110. The topological polar surface area (TPSA) is 51.6 Å². The van der Waals surface area contributed by atoms with Gasteiger partial charge in [-0.05, 0) is 222 Å². The Morgan fingerprint density at radius 3 is 0.958 bits per heavy atom. The summed E-state index contributed by atoms with van der Waals surface area (Å²) in [5.74, 6) is 0. The second kappa shape index (κ2) is 26.6. The van der Waals surface area contributed by atoms with E-state index in [0.29, 0.717) is 0 Å². The highest BCUT2D eigenvalue weighted by Gasteiger charge is 2.40. The lowest BCUT2D eigenvalue weighted by molar-refractivity contribution is 0.660. The molecule has 16 aromatic carbocycles. The fraction of sp³-hybridized carbons (Fsp3) is 0.103. The van der Waals surface area contributed by atoms with Gasteiger partial charge >= 0.3 is 0 Å². The van der Waals surface area contributed by atoms with Gasteiger partial charge in [0, 0.05) is 88.6 Å². The van der Waals surface area contributed by atoms with Crippen LogP contribution in [0.4, 0.5) is 0 Å². The van der Waals surface area contributed by atoms with E-state index in [-0.39, 0.29) is 21.7 Å². The fourth-order valence-electron chi connectivity index (χ4n) is 21.1. The molecule has 0 saturated heterocycles. The number of benzene rings is 16. The first-order chi connectivity index (χ1) is 58.5. The van der Waals surface area contributed by atoms with Crippen molar-refractivity contribution in [2.45, 2.75) is 77.0 Å². The number of aromatic nitrogens is 4. The van der Waals surface area contributed by atoms with E-state index in [9.17, 15) is 0 Å². The Bertz CT molecular complexity index is 7750. The molecule has 0 atom stereocenters. The van der Waals surface area contributed by atoms with Crippen molar-refractivity contribution in [1.29, 1.82) is 0 Å². The molecule has 4 aliphatic rings. The maximum atomic E-state index is 5.62. The quantitative estimate of drug-likeness (QED) is 0.142. The summed E-state index contributed by atoms with van der Waals surface area (Å²) in [6, 6.07) is 130. The fourth-order valence-corrected chi connectivity index (χ4v) is 21.1. The van der Waals surface area contributed by atoms with Gasteiger partial charge in [-0.15, -0.1) is 0 Å². The largest absolute Gasteiger partial charge is 0.256 e. The normalized spacial score (nSPS) is 14.3. The average molecular weight is 1530 g/mol. The van der Waals surface area contributed by atoms with Crippen molar-refractivity contribution in [3.8, 4) is 134 Å².